The van der Waals surface area contributed by atoms with Gasteiger partial charge in [-0.1, -0.05) is 40.2 Å². The average Bonchev–Trinajstić information content (AvgIpc) is 2.97. The normalized spacial score (nSPS) is 22.5. The Labute approximate surface area is 161 Å². The van der Waals surface area contributed by atoms with Gasteiger partial charge in [0.1, 0.15) is 10.8 Å². The summed E-state index contributed by atoms with van der Waals surface area (Å²) in [6.45, 7) is 2.08. The lowest BCUT2D eigenvalue weighted by atomic mass is 9.74. The summed E-state index contributed by atoms with van der Waals surface area (Å²) < 4.78 is 1.08. The molecule has 2 heterocycles. The maximum Gasteiger partial charge on any atom is 0.147 e. The molecule has 1 spiro atoms. The molecule has 1 saturated heterocycles. The van der Waals surface area contributed by atoms with Gasteiger partial charge in [-0.2, -0.15) is 0 Å². The highest BCUT2D eigenvalue weighted by atomic mass is 79.9. The van der Waals surface area contributed by atoms with Crippen LogP contribution in [0.1, 0.15) is 32.1 Å². The number of nitrogens with two attached hydrogens (primary N) is 1. The molecule has 2 N–H and O–H groups in total. The molecule has 1 saturated carbocycles. The van der Waals surface area contributed by atoms with Gasteiger partial charge in [-0.05, 0) is 49.3 Å². The molecular weight excluding hydrogens is 396 g/mol. The zero-order chi connectivity index (χ0) is 17.3. The summed E-state index contributed by atoms with van der Waals surface area (Å²) in [5.41, 5.74) is 6.77. The fraction of sp³-hybridized carbons (Fsp3) is 0.474. The van der Waals surface area contributed by atoms with Crippen LogP contribution in [0.25, 0.3) is 0 Å². The number of benzene rings is 1. The summed E-state index contributed by atoms with van der Waals surface area (Å²) in [6.07, 6.45) is 9.95. The highest BCUT2D eigenvalue weighted by Crippen LogP contribution is 2.45. The molecule has 1 atom stereocenters. The van der Waals surface area contributed by atoms with Crippen molar-refractivity contribution in [2.75, 3.05) is 18.0 Å². The van der Waals surface area contributed by atoms with Crippen molar-refractivity contribution in [2.24, 2.45) is 11.1 Å². The molecule has 1 aromatic heterocycles. The van der Waals surface area contributed by atoms with E-state index in [0.717, 1.165) is 33.3 Å². The average molecular weight is 419 g/mol. The molecular formula is C19H23BrN4S. The van der Waals surface area contributed by atoms with Gasteiger partial charge in [0.2, 0.25) is 0 Å². The first-order valence-electron chi connectivity index (χ1n) is 8.91. The number of hydrogen-bond donors (Lipinski definition) is 1. The van der Waals surface area contributed by atoms with Gasteiger partial charge in [0.05, 0.1) is 12.4 Å². The first-order chi connectivity index (χ1) is 12.1. The minimum atomic E-state index is 0.389. The zero-order valence-electron chi connectivity index (χ0n) is 14.2. The van der Waals surface area contributed by atoms with E-state index in [9.17, 15) is 0 Å². The second-order valence-corrected chi connectivity index (χ2v) is 9.13. The van der Waals surface area contributed by atoms with Gasteiger partial charge in [-0.15, -0.1) is 0 Å². The van der Waals surface area contributed by atoms with Crippen molar-refractivity contribution >= 4 is 33.5 Å². The third kappa shape index (κ3) is 3.71. The van der Waals surface area contributed by atoms with Gasteiger partial charge in [0.25, 0.3) is 0 Å². The van der Waals surface area contributed by atoms with Gasteiger partial charge >= 0.3 is 0 Å². The Morgan fingerprint density at radius 1 is 1.16 bits per heavy atom. The van der Waals surface area contributed by atoms with Crippen LogP contribution < -0.4 is 10.6 Å². The number of anilines is 1. The number of rotatable bonds is 3. The molecule has 1 aliphatic carbocycles. The SMILES string of the molecule is N[C@@H]1CCCC12CCN(c1cnc(Sc3cccc(Br)c3)cn1)CC2. The molecule has 132 valence electrons. The third-order valence-electron chi connectivity index (χ3n) is 5.69. The molecule has 0 amide bonds. The van der Waals surface area contributed by atoms with E-state index in [-0.39, 0.29) is 0 Å². The Morgan fingerprint density at radius 3 is 2.64 bits per heavy atom. The van der Waals surface area contributed by atoms with Crippen LogP contribution in [0.5, 0.6) is 0 Å². The fourth-order valence-corrected chi connectivity index (χ4v) is 5.48. The fourth-order valence-electron chi connectivity index (χ4n) is 4.14. The third-order valence-corrected chi connectivity index (χ3v) is 7.10. The lowest BCUT2D eigenvalue weighted by molar-refractivity contribution is 0.197. The van der Waals surface area contributed by atoms with Crippen molar-refractivity contribution in [3.63, 3.8) is 0 Å². The largest absolute Gasteiger partial charge is 0.355 e. The van der Waals surface area contributed by atoms with Gasteiger partial charge < -0.3 is 10.6 Å². The number of hydrogen-bond acceptors (Lipinski definition) is 5. The predicted octanol–water partition coefficient (Wildman–Crippen LogP) is 4.49. The predicted molar refractivity (Wildman–Crippen MR) is 106 cm³/mol. The first-order valence-corrected chi connectivity index (χ1v) is 10.5. The standard InChI is InChI=1S/C19H23BrN4S/c20-14-3-1-4-15(11-14)25-18-13-22-17(12-23-18)24-9-7-19(8-10-24)6-2-5-16(19)21/h1,3-4,11-13,16H,2,5-10,21H2/t16-/m1/s1. The maximum absolute atomic E-state index is 6.38. The van der Waals surface area contributed by atoms with Crippen LogP contribution in [0, 0.1) is 5.41 Å². The Morgan fingerprint density at radius 2 is 2.00 bits per heavy atom. The maximum atomic E-state index is 6.38. The van der Waals surface area contributed by atoms with Crippen LogP contribution >= 0.6 is 27.7 Å². The molecule has 25 heavy (non-hydrogen) atoms. The molecule has 0 bridgehead atoms. The number of aromatic nitrogens is 2. The van der Waals surface area contributed by atoms with Crippen molar-refractivity contribution in [3.8, 4) is 0 Å². The van der Waals surface area contributed by atoms with Crippen molar-refractivity contribution in [1.29, 1.82) is 0 Å². The second kappa shape index (κ2) is 7.25. The molecule has 1 aliphatic heterocycles. The molecule has 1 aromatic carbocycles. The molecule has 4 nitrogen and oxygen atoms in total. The molecule has 4 rings (SSSR count). The molecule has 2 fully saturated rings. The van der Waals surface area contributed by atoms with Crippen LogP contribution in [-0.4, -0.2) is 29.1 Å². The van der Waals surface area contributed by atoms with E-state index in [1.54, 1.807) is 11.8 Å². The summed E-state index contributed by atoms with van der Waals surface area (Å²) in [6, 6.07) is 8.63. The van der Waals surface area contributed by atoms with Crippen LogP contribution in [0.3, 0.4) is 0 Å². The lowest BCUT2D eigenvalue weighted by Gasteiger charge is -2.42. The molecule has 6 heteroatoms. The molecule has 0 unspecified atom stereocenters. The quantitative estimate of drug-likeness (QED) is 0.795. The van der Waals surface area contributed by atoms with Crippen LogP contribution in [0.4, 0.5) is 5.82 Å². The van der Waals surface area contributed by atoms with Crippen molar-refractivity contribution < 1.29 is 0 Å². The smallest absolute Gasteiger partial charge is 0.147 e. The summed E-state index contributed by atoms with van der Waals surface area (Å²) in [4.78, 5) is 12.8. The van der Waals surface area contributed by atoms with E-state index in [2.05, 4.69) is 42.9 Å². The number of halogens is 1. The Bertz CT molecular complexity index is 728. The topological polar surface area (TPSA) is 55.0 Å². The van der Waals surface area contributed by atoms with E-state index in [1.807, 2.05) is 24.5 Å². The van der Waals surface area contributed by atoms with Gasteiger partial charge in [0.15, 0.2) is 0 Å². The summed E-state index contributed by atoms with van der Waals surface area (Å²) >= 11 is 5.14. The van der Waals surface area contributed by atoms with E-state index < -0.39 is 0 Å². The highest BCUT2D eigenvalue weighted by molar-refractivity contribution is 9.10. The van der Waals surface area contributed by atoms with Gasteiger partial charge in [0, 0.05) is 28.5 Å². The van der Waals surface area contributed by atoms with Gasteiger partial charge in [-0.3, -0.25) is 0 Å². The molecule has 2 aromatic rings. The Kier molecular flexibility index (Phi) is 5.02. The first kappa shape index (κ1) is 17.3. The van der Waals surface area contributed by atoms with E-state index in [0.29, 0.717) is 11.5 Å². The Hall–Kier alpha value is -1.11. The minimum Gasteiger partial charge on any atom is -0.355 e. The number of piperidine rings is 1. The van der Waals surface area contributed by atoms with Crippen molar-refractivity contribution in [3.05, 3.63) is 41.1 Å². The van der Waals surface area contributed by atoms with E-state index in [1.165, 1.54) is 32.1 Å². The summed E-state index contributed by atoms with van der Waals surface area (Å²) in [7, 11) is 0. The van der Waals surface area contributed by atoms with Crippen molar-refractivity contribution in [2.45, 2.75) is 48.1 Å². The van der Waals surface area contributed by atoms with Crippen LogP contribution in [0.2, 0.25) is 0 Å². The highest BCUT2D eigenvalue weighted by Gasteiger charge is 2.42. The second-order valence-electron chi connectivity index (χ2n) is 7.12. The lowest BCUT2D eigenvalue weighted by Crippen LogP contribution is -2.47. The van der Waals surface area contributed by atoms with E-state index in [4.69, 9.17) is 5.73 Å². The number of nitrogens with zero attached hydrogens (tertiary/aromatic N) is 3. The van der Waals surface area contributed by atoms with E-state index >= 15 is 0 Å². The summed E-state index contributed by atoms with van der Waals surface area (Å²) in [5, 5.41) is 0.924. The molecule has 2 aliphatic rings. The van der Waals surface area contributed by atoms with Crippen LogP contribution in [0.15, 0.2) is 51.1 Å². The van der Waals surface area contributed by atoms with Crippen molar-refractivity contribution in [1.82, 2.24) is 9.97 Å². The van der Waals surface area contributed by atoms with Crippen LogP contribution in [-0.2, 0) is 0 Å². The molecule has 0 radical (unpaired) electrons. The summed E-state index contributed by atoms with van der Waals surface area (Å²) in [5.74, 6) is 0.986. The minimum absolute atomic E-state index is 0.389. The zero-order valence-corrected chi connectivity index (χ0v) is 16.6. The Balaban J connectivity index is 1.39. The monoisotopic (exact) mass is 418 g/mol. The van der Waals surface area contributed by atoms with Gasteiger partial charge in [-0.25, -0.2) is 9.97 Å².